The molecule has 8 heteroatoms. The molecule has 0 saturated carbocycles. The summed E-state index contributed by atoms with van der Waals surface area (Å²) >= 11 is 0. The first-order valence-corrected chi connectivity index (χ1v) is 5.93. The maximum absolute atomic E-state index is 11.9. The number of aliphatic hydroxyl groups excluding tert-OH is 1. The zero-order valence-electron chi connectivity index (χ0n) is 7.92. The van der Waals surface area contributed by atoms with Crippen LogP contribution in [0.5, 0.6) is 0 Å². The summed E-state index contributed by atoms with van der Waals surface area (Å²) in [6.45, 7) is 0.432. The SMILES string of the molecule is Nc1[nH]ncc1S(=O)(=O)N1CC[C@@H](O)C1. The lowest BCUT2D eigenvalue weighted by atomic mass is 10.3. The Morgan fingerprint density at radius 3 is 2.87 bits per heavy atom. The van der Waals surface area contributed by atoms with Gasteiger partial charge in [0.25, 0.3) is 0 Å². The highest BCUT2D eigenvalue weighted by Crippen LogP contribution is 2.23. The van der Waals surface area contributed by atoms with Crippen molar-refractivity contribution in [2.75, 3.05) is 18.8 Å². The number of nitrogens with two attached hydrogens (primary N) is 1. The van der Waals surface area contributed by atoms with Gasteiger partial charge in [0.2, 0.25) is 10.0 Å². The van der Waals surface area contributed by atoms with Crippen LogP contribution in [-0.2, 0) is 10.0 Å². The summed E-state index contributed by atoms with van der Waals surface area (Å²) in [6.07, 6.45) is 1.04. The van der Waals surface area contributed by atoms with E-state index in [1.165, 1.54) is 10.5 Å². The van der Waals surface area contributed by atoms with Crippen molar-refractivity contribution < 1.29 is 13.5 Å². The highest BCUT2D eigenvalue weighted by molar-refractivity contribution is 7.89. The first-order valence-electron chi connectivity index (χ1n) is 4.49. The molecule has 0 spiro atoms. The number of nitrogens with one attached hydrogen (secondary N) is 1. The fourth-order valence-electron chi connectivity index (χ4n) is 1.56. The molecule has 1 aliphatic heterocycles. The van der Waals surface area contributed by atoms with Crippen LogP contribution in [0.4, 0.5) is 5.82 Å². The Bertz CT molecular complexity index is 455. The number of hydrogen-bond acceptors (Lipinski definition) is 5. The third-order valence-corrected chi connectivity index (χ3v) is 4.27. The quantitative estimate of drug-likeness (QED) is 0.589. The topological polar surface area (TPSA) is 112 Å². The van der Waals surface area contributed by atoms with Crippen LogP contribution < -0.4 is 5.73 Å². The molecule has 7 nitrogen and oxygen atoms in total. The van der Waals surface area contributed by atoms with Crippen LogP contribution in [0, 0.1) is 0 Å². The molecule has 2 heterocycles. The summed E-state index contributed by atoms with van der Waals surface area (Å²) in [7, 11) is -3.60. The molecule has 84 valence electrons. The molecular weight excluding hydrogens is 220 g/mol. The van der Waals surface area contributed by atoms with Gasteiger partial charge in [-0.05, 0) is 6.42 Å². The van der Waals surface area contributed by atoms with Gasteiger partial charge in [0.05, 0.1) is 12.3 Å². The van der Waals surface area contributed by atoms with Crippen LogP contribution in [0.25, 0.3) is 0 Å². The summed E-state index contributed by atoms with van der Waals surface area (Å²) in [5.74, 6) is 0.0244. The van der Waals surface area contributed by atoms with E-state index < -0.39 is 16.1 Å². The molecule has 1 atom stereocenters. The van der Waals surface area contributed by atoms with E-state index in [4.69, 9.17) is 5.73 Å². The van der Waals surface area contributed by atoms with Gasteiger partial charge in [0.15, 0.2) is 0 Å². The lowest BCUT2D eigenvalue weighted by Crippen LogP contribution is -2.29. The van der Waals surface area contributed by atoms with Gasteiger partial charge in [0.1, 0.15) is 10.7 Å². The van der Waals surface area contributed by atoms with E-state index in [2.05, 4.69) is 10.2 Å². The summed E-state index contributed by atoms with van der Waals surface area (Å²) in [5, 5.41) is 15.2. The number of rotatable bonds is 2. The van der Waals surface area contributed by atoms with E-state index in [9.17, 15) is 13.5 Å². The molecule has 0 bridgehead atoms. The predicted molar refractivity (Wildman–Crippen MR) is 52.4 cm³/mol. The minimum atomic E-state index is -3.60. The van der Waals surface area contributed by atoms with Crippen molar-refractivity contribution in [2.24, 2.45) is 0 Å². The number of aromatic nitrogens is 2. The normalized spacial score (nSPS) is 23.4. The minimum absolute atomic E-state index is 0.0244. The van der Waals surface area contributed by atoms with Crippen LogP contribution in [-0.4, -0.2) is 47.2 Å². The number of aromatic amines is 1. The van der Waals surface area contributed by atoms with Crippen molar-refractivity contribution in [3.05, 3.63) is 6.20 Å². The molecule has 1 aromatic rings. The smallest absolute Gasteiger partial charge is 0.248 e. The molecule has 15 heavy (non-hydrogen) atoms. The average Bonchev–Trinajstić information content (AvgIpc) is 2.74. The number of H-pyrrole nitrogens is 1. The molecule has 0 unspecified atom stereocenters. The van der Waals surface area contributed by atoms with Crippen molar-refractivity contribution in [2.45, 2.75) is 17.4 Å². The number of nitrogen functional groups attached to an aromatic ring is 1. The van der Waals surface area contributed by atoms with Crippen LogP contribution in [0.15, 0.2) is 11.1 Å². The van der Waals surface area contributed by atoms with Gasteiger partial charge in [0, 0.05) is 13.1 Å². The molecule has 1 aromatic heterocycles. The largest absolute Gasteiger partial charge is 0.392 e. The second-order valence-corrected chi connectivity index (χ2v) is 5.36. The summed E-state index contributed by atoms with van der Waals surface area (Å²) < 4.78 is 25.1. The first kappa shape index (κ1) is 10.4. The predicted octanol–water partition coefficient (Wildman–Crippen LogP) is -1.25. The number of nitrogens with zero attached hydrogens (tertiary/aromatic N) is 2. The minimum Gasteiger partial charge on any atom is -0.392 e. The molecule has 1 fully saturated rings. The van der Waals surface area contributed by atoms with Crippen LogP contribution in [0.1, 0.15) is 6.42 Å². The molecule has 0 amide bonds. The Morgan fingerprint density at radius 1 is 1.67 bits per heavy atom. The molecule has 1 aliphatic rings. The monoisotopic (exact) mass is 232 g/mol. The molecule has 0 aliphatic carbocycles. The number of aliphatic hydroxyl groups is 1. The van der Waals surface area contributed by atoms with Crippen LogP contribution in [0.2, 0.25) is 0 Å². The molecule has 0 aromatic carbocycles. The molecular formula is C7H12N4O3S. The number of hydrogen-bond donors (Lipinski definition) is 3. The first-order chi connectivity index (χ1) is 7.01. The van der Waals surface area contributed by atoms with E-state index in [1.54, 1.807) is 0 Å². The molecule has 0 radical (unpaired) electrons. The summed E-state index contributed by atoms with van der Waals surface area (Å²) in [4.78, 5) is -0.0309. The van der Waals surface area contributed by atoms with E-state index in [0.29, 0.717) is 13.0 Å². The zero-order valence-corrected chi connectivity index (χ0v) is 8.74. The van der Waals surface area contributed by atoms with Gasteiger partial charge >= 0.3 is 0 Å². The number of β-amino-alcohol motifs (C(OH)–C–C–N with tert-alkyl or cyclic N) is 1. The highest BCUT2D eigenvalue weighted by Gasteiger charge is 2.33. The van der Waals surface area contributed by atoms with Crippen molar-refractivity contribution in [1.82, 2.24) is 14.5 Å². The lowest BCUT2D eigenvalue weighted by molar-refractivity contribution is 0.189. The van der Waals surface area contributed by atoms with E-state index in [1.807, 2.05) is 0 Å². The van der Waals surface area contributed by atoms with E-state index in [0.717, 1.165) is 0 Å². The standard InChI is InChI=1S/C7H12N4O3S/c8-7-6(3-9-10-7)15(13,14)11-2-1-5(12)4-11/h3,5,12H,1-2,4H2,(H3,8,9,10)/t5-/m1/s1. The Morgan fingerprint density at radius 2 is 2.40 bits per heavy atom. The average molecular weight is 232 g/mol. The maximum Gasteiger partial charge on any atom is 0.248 e. The van der Waals surface area contributed by atoms with Crippen LogP contribution in [0.3, 0.4) is 0 Å². The van der Waals surface area contributed by atoms with Gasteiger partial charge in [-0.2, -0.15) is 9.40 Å². The van der Waals surface area contributed by atoms with E-state index >= 15 is 0 Å². The van der Waals surface area contributed by atoms with Gasteiger partial charge in [-0.25, -0.2) is 8.42 Å². The maximum atomic E-state index is 11.9. The van der Waals surface area contributed by atoms with Crippen LogP contribution >= 0.6 is 0 Å². The third kappa shape index (κ3) is 1.71. The fraction of sp³-hybridized carbons (Fsp3) is 0.571. The van der Waals surface area contributed by atoms with Crippen molar-refractivity contribution in [3.8, 4) is 0 Å². The van der Waals surface area contributed by atoms with Gasteiger partial charge in [-0.3, -0.25) is 5.10 Å². The highest BCUT2D eigenvalue weighted by atomic mass is 32.2. The fourth-order valence-corrected chi connectivity index (χ4v) is 3.06. The number of sulfonamides is 1. The Labute approximate surface area is 86.9 Å². The molecule has 4 N–H and O–H groups in total. The van der Waals surface area contributed by atoms with Crippen molar-refractivity contribution in [3.63, 3.8) is 0 Å². The van der Waals surface area contributed by atoms with Gasteiger partial charge < -0.3 is 10.8 Å². The second-order valence-electron chi connectivity index (χ2n) is 3.45. The Balaban J connectivity index is 2.32. The van der Waals surface area contributed by atoms with Gasteiger partial charge in [-0.1, -0.05) is 0 Å². The summed E-state index contributed by atoms with van der Waals surface area (Å²) in [5.41, 5.74) is 5.44. The van der Waals surface area contributed by atoms with Crippen molar-refractivity contribution >= 4 is 15.8 Å². The molecule has 2 rings (SSSR count). The Kier molecular flexibility index (Phi) is 2.41. The third-order valence-electron chi connectivity index (χ3n) is 2.38. The second kappa shape index (κ2) is 3.47. The van der Waals surface area contributed by atoms with E-state index in [-0.39, 0.29) is 17.3 Å². The van der Waals surface area contributed by atoms with Gasteiger partial charge in [-0.15, -0.1) is 0 Å². The zero-order chi connectivity index (χ0) is 11.1. The van der Waals surface area contributed by atoms with Crippen molar-refractivity contribution in [1.29, 1.82) is 0 Å². The summed E-state index contributed by atoms with van der Waals surface area (Å²) in [6, 6.07) is 0. The molecule has 1 saturated heterocycles. The Hall–Kier alpha value is -1.12. The number of anilines is 1. The lowest BCUT2D eigenvalue weighted by Gasteiger charge is -2.14.